The molecule has 20 heavy (non-hydrogen) atoms. The third kappa shape index (κ3) is 1.10. The number of hydrogen-bond donors (Lipinski definition) is 0. The van der Waals surface area contributed by atoms with Crippen LogP contribution >= 0.6 is 0 Å². The molecule has 1 unspecified atom stereocenters. The van der Waals surface area contributed by atoms with Gasteiger partial charge in [-0.2, -0.15) is 0 Å². The fourth-order valence-corrected chi connectivity index (χ4v) is 4.74. The molecule has 0 N–H and O–H groups in total. The summed E-state index contributed by atoms with van der Waals surface area (Å²) in [6.45, 7) is 0. The molecule has 98 valence electrons. The van der Waals surface area contributed by atoms with Crippen LogP contribution in [0.5, 0.6) is 0 Å². The topological polar surface area (TPSA) is 0 Å². The molecule has 1 aromatic rings. The van der Waals surface area contributed by atoms with Crippen molar-refractivity contribution in [2.24, 2.45) is 0 Å². The van der Waals surface area contributed by atoms with Crippen LogP contribution in [0.15, 0.2) is 65.3 Å². The first-order valence-corrected chi connectivity index (χ1v) is 7.80. The van der Waals surface area contributed by atoms with Crippen molar-refractivity contribution in [3.63, 3.8) is 0 Å². The zero-order valence-corrected chi connectivity index (χ0v) is 11.7. The zero-order chi connectivity index (χ0) is 13.2. The second-order valence-corrected chi connectivity index (χ2v) is 6.42. The largest absolute Gasteiger partial charge is 0.0839 e. The Hall–Kier alpha value is -1.82. The Labute approximate surface area is 120 Å². The summed E-state index contributed by atoms with van der Waals surface area (Å²) in [7, 11) is 0. The monoisotopic (exact) mass is 258 g/mol. The lowest BCUT2D eigenvalue weighted by Crippen LogP contribution is -2.38. The Morgan fingerprint density at radius 3 is 2.55 bits per heavy atom. The fourth-order valence-electron chi connectivity index (χ4n) is 4.74. The summed E-state index contributed by atoms with van der Waals surface area (Å²) in [5, 5.41) is 0. The predicted octanol–water partition coefficient (Wildman–Crippen LogP) is 5.09. The van der Waals surface area contributed by atoms with Crippen molar-refractivity contribution in [2.45, 2.75) is 37.5 Å². The van der Waals surface area contributed by atoms with Gasteiger partial charge < -0.3 is 0 Å². The van der Waals surface area contributed by atoms with E-state index in [4.69, 9.17) is 0 Å². The average molecular weight is 258 g/mol. The first-order chi connectivity index (χ1) is 9.91. The number of hydrogen-bond acceptors (Lipinski definition) is 0. The summed E-state index contributed by atoms with van der Waals surface area (Å²) >= 11 is 0. The Bertz CT molecular complexity index is 739. The van der Waals surface area contributed by atoms with Gasteiger partial charge in [0.15, 0.2) is 0 Å². The highest BCUT2D eigenvalue weighted by atomic mass is 14.5. The minimum absolute atomic E-state index is 0.217. The first-order valence-electron chi connectivity index (χ1n) is 7.80. The number of benzene rings is 1. The van der Waals surface area contributed by atoms with Crippen LogP contribution < -0.4 is 0 Å². The molecule has 0 radical (unpaired) electrons. The van der Waals surface area contributed by atoms with Crippen molar-refractivity contribution in [3.8, 4) is 0 Å². The molecule has 0 aliphatic heterocycles. The van der Waals surface area contributed by atoms with Gasteiger partial charge in [0.05, 0.1) is 0 Å². The minimum atomic E-state index is 0.217. The van der Waals surface area contributed by atoms with Gasteiger partial charge in [0.1, 0.15) is 0 Å². The highest BCUT2D eigenvalue weighted by Gasteiger charge is 2.52. The SMILES string of the molecule is C1=CC2=C(CC1)CC21C2=C(CCC=C2)c2ccccc21. The maximum absolute atomic E-state index is 2.42. The molecular formula is C20H18. The van der Waals surface area contributed by atoms with Gasteiger partial charge in [-0.3, -0.25) is 0 Å². The summed E-state index contributed by atoms with van der Waals surface area (Å²) in [6, 6.07) is 9.12. The molecule has 0 aromatic heterocycles. The van der Waals surface area contributed by atoms with Crippen molar-refractivity contribution < 1.29 is 0 Å². The van der Waals surface area contributed by atoms with Crippen molar-refractivity contribution in [1.29, 1.82) is 0 Å². The molecule has 1 atom stereocenters. The molecule has 0 nitrogen and oxygen atoms in total. The number of rotatable bonds is 0. The van der Waals surface area contributed by atoms with E-state index in [0.29, 0.717) is 0 Å². The van der Waals surface area contributed by atoms with E-state index in [1.807, 2.05) is 0 Å². The molecule has 0 heterocycles. The van der Waals surface area contributed by atoms with Crippen molar-refractivity contribution in [3.05, 3.63) is 76.4 Å². The normalized spacial score (nSPS) is 29.4. The molecule has 1 spiro atoms. The van der Waals surface area contributed by atoms with Crippen LogP contribution in [0.25, 0.3) is 5.57 Å². The number of fused-ring (bicyclic) bond motifs is 5. The molecule has 0 amide bonds. The van der Waals surface area contributed by atoms with Crippen molar-refractivity contribution in [2.75, 3.05) is 0 Å². The van der Waals surface area contributed by atoms with Crippen LogP contribution in [0.2, 0.25) is 0 Å². The molecule has 0 saturated carbocycles. The molecule has 0 fully saturated rings. The van der Waals surface area contributed by atoms with E-state index in [0.717, 1.165) is 0 Å². The molecule has 5 rings (SSSR count). The highest BCUT2D eigenvalue weighted by Crippen LogP contribution is 2.63. The lowest BCUT2D eigenvalue weighted by atomic mass is 9.56. The quantitative estimate of drug-likeness (QED) is 0.608. The lowest BCUT2D eigenvalue weighted by Gasteiger charge is -2.47. The maximum Gasteiger partial charge on any atom is 0.0496 e. The molecule has 0 heteroatoms. The van der Waals surface area contributed by atoms with Gasteiger partial charge in [0, 0.05) is 5.41 Å². The van der Waals surface area contributed by atoms with Crippen LogP contribution in [0.4, 0.5) is 0 Å². The molecule has 4 aliphatic rings. The summed E-state index contributed by atoms with van der Waals surface area (Å²) in [5.74, 6) is 0. The summed E-state index contributed by atoms with van der Waals surface area (Å²) in [4.78, 5) is 0. The van der Waals surface area contributed by atoms with Crippen LogP contribution in [0.1, 0.15) is 43.2 Å². The van der Waals surface area contributed by atoms with Crippen molar-refractivity contribution >= 4 is 5.57 Å². The van der Waals surface area contributed by atoms with Gasteiger partial charge in [-0.15, -0.1) is 0 Å². The third-order valence-corrected chi connectivity index (χ3v) is 5.56. The van der Waals surface area contributed by atoms with Gasteiger partial charge in [0.2, 0.25) is 0 Å². The van der Waals surface area contributed by atoms with Gasteiger partial charge in [-0.05, 0) is 60.0 Å². The second kappa shape index (κ2) is 3.63. The van der Waals surface area contributed by atoms with E-state index in [-0.39, 0.29) is 5.41 Å². The number of allylic oxidation sites excluding steroid dienone is 8. The molecule has 1 aromatic carbocycles. The summed E-state index contributed by atoms with van der Waals surface area (Å²) < 4.78 is 0. The minimum Gasteiger partial charge on any atom is -0.0839 e. The highest BCUT2D eigenvalue weighted by molar-refractivity contribution is 5.88. The molecular weight excluding hydrogens is 240 g/mol. The fraction of sp³-hybridized carbons (Fsp3) is 0.300. The van der Waals surface area contributed by atoms with Crippen molar-refractivity contribution in [1.82, 2.24) is 0 Å². The maximum atomic E-state index is 2.42. The van der Waals surface area contributed by atoms with E-state index in [1.54, 1.807) is 27.9 Å². The van der Waals surface area contributed by atoms with Crippen LogP contribution in [-0.2, 0) is 5.41 Å². The lowest BCUT2D eigenvalue weighted by molar-refractivity contribution is 0.514. The average Bonchev–Trinajstić information content (AvgIpc) is 2.79. The molecule has 0 bridgehead atoms. The Balaban J connectivity index is 1.81. The Kier molecular flexibility index (Phi) is 1.98. The van der Waals surface area contributed by atoms with Gasteiger partial charge >= 0.3 is 0 Å². The third-order valence-electron chi connectivity index (χ3n) is 5.56. The Morgan fingerprint density at radius 2 is 1.65 bits per heavy atom. The van der Waals surface area contributed by atoms with E-state index < -0.39 is 0 Å². The second-order valence-electron chi connectivity index (χ2n) is 6.42. The van der Waals surface area contributed by atoms with E-state index in [9.17, 15) is 0 Å². The predicted molar refractivity (Wildman–Crippen MR) is 83.4 cm³/mol. The van der Waals surface area contributed by atoms with E-state index >= 15 is 0 Å². The van der Waals surface area contributed by atoms with Crippen LogP contribution in [0.3, 0.4) is 0 Å². The van der Waals surface area contributed by atoms with E-state index in [2.05, 4.69) is 48.6 Å². The van der Waals surface area contributed by atoms with Gasteiger partial charge in [-0.1, -0.05) is 54.1 Å². The molecule has 4 aliphatic carbocycles. The summed E-state index contributed by atoms with van der Waals surface area (Å²) in [5.41, 5.74) is 9.86. The standard InChI is InChI=1S/C20H18/c1-4-10-17-14(7-1)13-20(17)18-11-5-2-8-15(18)16-9-3-6-12-19(16)20/h2,4-6,8,10-12H,1,3,7,9,13H2. The Morgan fingerprint density at radius 1 is 0.850 bits per heavy atom. The van der Waals surface area contributed by atoms with E-state index in [1.165, 1.54) is 37.7 Å². The van der Waals surface area contributed by atoms with Gasteiger partial charge in [-0.25, -0.2) is 0 Å². The van der Waals surface area contributed by atoms with Crippen LogP contribution in [-0.4, -0.2) is 0 Å². The smallest absolute Gasteiger partial charge is 0.0496 e. The van der Waals surface area contributed by atoms with Gasteiger partial charge in [0.25, 0.3) is 0 Å². The van der Waals surface area contributed by atoms with Crippen LogP contribution in [0, 0.1) is 0 Å². The first kappa shape index (κ1) is 10.9. The zero-order valence-electron chi connectivity index (χ0n) is 11.7. The summed E-state index contributed by atoms with van der Waals surface area (Å²) in [6.07, 6.45) is 15.8. The molecule has 0 saturated heterocycles.